The van der Waals surface area contributed by atoms with Crippen LogP contribution in [0.15, 0.2) is 0 Å². The van der Waals surface area contributed by atoms with E-state index < -0.39 is 0 Å². The first-order valence-corrected chi connectivity index (χ1v) is 8.32. The Morgan fingerprint density at radius 2 is 1.79 bits per heavy atom. The summed E-state index contributed by atoms with van der Waals surface area (Å²) in [7, 11) is 0. The molecule has 1 unspecified atom stereocenters. The molecule has 0 bridgehead atoms. The molecule has 19 heavy (non-hydrogen) atoms. The molecule has 2 heterocycles. The van der Waals surface area contributed by atoms with Gasteiger partial charge >= 0.3 is 0 Å². The molecule has 0 aromatic heterocycles. The Morgan fingerprint density at radius 3 is 2.37 bits per heavy atom. The Balaban J connectivity index is 1.73. The van der Waals surface area contributed by atoms with Crippen molar-refractivity contribution < 1.29 is 4.74 Å². The highest BCUT2D eigenvalue weighted by atomic mass is 16.5. The topological polar surface area (TPSA) is 12.5 Å². The molecule has 2 nitrogen and oxygen atoms in total. The van der Waals surface area contributed by atoms with E-state index in [0.717, 1.165) is 24.4 Å². The third-order valence-corrected chi connectivity index (χ3v) is 5.06. The van der Waals surface area contributed by atoms with Crippen LogP contribution in [0.4, 0.5) is 0 Å². The van der Waals surface area contributed by atoms with Crippen molar-refractivity contribution in [2.45, 2.75) is 65.4 Å². The first-order valence-electron chi connectivity index (χ1n) is 8.32. The quantitative estimate of drug-likeness (QED) is 0.764. The van der Waals surface area contributed by atoms with Gasteiger partial charge in [0.25, 0.3) is 0 Å². The van der Waals surface area contributed by atoms with Crippen LogP contribution >= 0.6 is 0 Å². The number of likely N-dealkylation sites (tertiary alicyclic amines) is 1. The highest BCUT2D eigenvalue weighted by Crippen LogP contribution is 2.37. The molecular formula is C17H33NO. The molecule has 2 aliphatic rings. The van der Waals surface area contributed by atoms with Gasteiger partial charge in [0.1, 0.15) is 0 Å². The summed E-state index contributed by atoms with van der Waals surface area (Å²) < 4.78 is 5.86. The molecule has 112 valence electrons. The molecule has 2 saturated heterocycles. The molecule has 0 saturated carbocycles. The van der Waals surface area contributed by atoms with Crippen LogP contribution in [0.1, 0.15) is 59.8 Å². The summed E-state index contributed by atoms with van der Waals surface area (Å²) in [6.45, 7) is 14.1. The predicted octanol–water partition coefficient (Wildman–Crippen LogP) is 3.95. The van der Waals surface area contributed by atoms with Crippen LogP contribution < -0.4 is 0 Å². The van der Waals surface area contributed by atoms with E-state index in [2.05, 4.69) is 32.6 Å². The number of hydrogen-bond donors (Lipinski definition) is 0. The molecular weight excluding hydrogens is 234 g/mol. The Labute approximate surface area is 119 Å². The van der Waals surface area contributed by atoms with Gasteiger partial charge in [-0.15, -0.1) is 0 Å². The van der Waals surface area contributed by atoms with Gasteiger partial charge in [0.05, 0.1) is 5.60 Å². The lowest BCUT2D eigenvalue weighted by Gasteiger charge is -2.42. The van der Waals surface area contributed by atoms with Gasteiger partial charge in [0.2, 0.25) is 0 Å². The van der Waals surface area contributed by atoms with Crippen molar-refractivity contribution >= 4 is 0 Å². The molecule has 0 aromatic rings. The molecule has 2 fully saturated rings. The van der Waals surface area contributed by atoms with Crippen molar-refractivity contribution in [2.24, 2.45) is 17.8 Å². The molecule has 2 aliphatic heterocycles. The van der Waals surface area contributed by atoms with E-state index in [-0.39, 0.29) is 5.60 Å². The normalized spacial score (nSPS) is 29.8. The molecule has 2 rings (SSSR count). The van der Waals surface area contributed by atoms with Crippen molar-refractivity contribution in [3.8, 4) is 0 Å². The van der Waals surface area contributed by atoms with E-state index >= 15 is 0 Å². The lowest BCUT2D eigenvalue weighted by Crippen LogP contribution is -2.41. The Bertz CT molecular complexity index is 266. The zero-order valence-corrected chi connectivity index (χ0v) is 13.5. The molecule has 2 heteroatoms. The monoisotopic (exact) mass is 267 g/mol. The third-order valence-electron chi connectivity index (χ3n) is 5.06. The van der Waals surface area contributed by atoms with Crippen molar-refractivity contribution in [1.82, 2.24) is 4.90 Å². The number of nitrogens with zero attached hydrogens (tertiary/aromatic N) is 1. The maximum absolute atomic E-state index is 5.86. The highest BCUT2D eigenvalue weighted by Gasteiger charge is 2.34. The zero-order valence-electron chi connectivity index (χ0n) is 13.5. The second-order valence-corrected chi connectivity index (χ2v) is 7.72. The fraction of sp³-hybridized carbons (Fsp3) is 1.00. The standard InChI is InChI=1S/C17H33NO/c1-14(2)5-9-18-10-6-15(7-11-18)16-8-12-19-17(3,4)13-16/h14-16H,5-13H2,1-4H3. The molecule has 0 aliphatic carbocycles. The van der Waals surface area contributed by atoms with Gasteiger partial charge in [-0.25, -0.2) is 0 Å². The number of rotatable bonds is 4. The van der Waals surface area contributed by atoms with Gasteiger partial charge in [-0.05, 0) is 83.3 Å². The van der Waals surface area contributed by atoms with Crippen molar-refractivity contribution in [2.75, 3.05) is 26.2 Å². The average Bonchev–Trinajstić information content (AvgIpc) is 2.36. The van der Waals surface area contributed by atoms with E-state index in [4.69, 9.17) is 4.74 Å². The van der Waals surface area contributed by atoms with Crippen LogP contribution in [-0.2, 0) is 4.74 Å². The summed E-state index contributed by atoms with van der Waals surface area (Å²) in [5, 5.41) is 0. The maximum atomic E-state index is 5.86. The van der Waals surface area contributed by atoms with E-state index in [1.807, 2.05) is 0 Å². The van der Waals surface area contributed by atoms with Gasteiger partial charge in [-0.2, -0.15) is 0 Å². The Kier molecular flexibility index (Phi) is 5.30. The lowest BCUT2D eigenvalue weighted by atomic mass is 9.75. The van der Waals surface area contributed by atoms with Crippen molar-refractivity contribution in [3.63, 3.8) is 0 Å². The van der Waals surface area contributed by atoms with Crippen LogP contribution in [0.3, 0.4) is 0 Å². The van der Waals surface area contributed by atoms with E-state index in [0.29, 0.717) is 0 Å². The first-order chi connectivity index (χ1) is 8.96. The largest absolute Gasteiger partial charge is 0.376 e. The fourth-order valence-electron chi connectivity index (χ4n) is 3.77. The Hall–Kier alpha value is -0.0800. The van der Waals surface area contributed by atoms with Gasteiger partial charge in [-0.3, -0.25) is 0 Å². The minimum absolute atomic E-state index is 0.123. The Morgan fingerprint density at radius 1 is 1.11 bits per heavy atom. The summed E-state index contributed by atoms with van der Waals surface area (Å²) in [6, 6.07) is 0. The molecule has 1 atom stereocenters. The van der Waals surface area contributed by atoms with Crippen LogP contribution in [0.25, 0.3) is 0 Å². The summed E-state index contributed by atoms with van der Waals surface area (Å²) in [5.74, 6) is 2.71. The second kappa shape index (κ2) is 6.58. The van der Waals surface area contributed by atoms with Crippen molar-refractivity contribution in [1.29, 1.82) is 0 Å². The summed E-state index contributed by atoms with van der Waals surface area (Å²) in [5.41, 5.74) is 0.123. The fourth-order valence-corrected chi connectivity index (χ4v) is 3.77. The van der Waals surface area contributed by atoms with Crippen molar-refractivity contribution in [3.05, 3.63) is 0 Å². The van der Waals surface area contributed by atoms with Gasteiger partial charge in [-0.1, -0.05) is 13.8 Å². The number of piperidine rings is 1. The zero-order chi connectivity index (χ0) is 13.9. The maximum Gasteiger partial charge on any atom is 0.0629 e. The van der Waals surface area contributed by atoms with Gasteiger partial charge in [0.15, 0.2) is 0 Å². The SMILES string of the molecule is CC(C)CCN1CCC(C2CCOC(C)(C)C2)CC1. The number of ether oxygens (including phenoxy) is 1. The van der Waals surface area contributed by atoms with E-state index in [9.17, 15) is 0 Å². The summed E-state index contributed by atoms with van der Waals surface area (Å²) in [6.07, 6.45) is 6.75. The summed E-state index contributed by atoms with van der Waals surface area (Å²) in [4.78, 5) is 2.68. The minimum Gasteiger partial charge on any atom is -0.376 e. The van der Waals surface area contributed by atoms with E-state index in [1.54, 1.807) is 0 Å². The summed E-state index contributed by atoms with van der Waals surface area (Å²) >= 11 is 0. The lowest BCUT2D eigenvalue weighted by molar-refractivity contribution is -0.0868. The first kappa shape index (κ1) is 15.3. The van der Waals surface area contributed by atoms with Crippen LogP contribution in [-0.4, -0.2) is 36.7 Å². The molecule has 0 N–H and O–H groups in total. The van der Waals surface area contributed by atoms with Gasteiger partial charge < -0.3 is 9.64 Å². The van der Waals surface area contributed by atoms with Crippen LogP contribution in [0, 0.1) is 17.8 Å². The minimum atomic E-state index is 0.123. The average molecular weight is 267 g/mol. The smallest absolute Gasteiger partial charge is 0.0629 e. The molecule has 0 spiro atoms. The molecule has 0 radical (unpaired) electrons. The van der Waals surface area contributed by atoms with E-state index in [1.165, 1.54) is 51.7 Å². The van der Waals surface area contributed by atoms with Gasteiger partial charge in [0, 0.05) is 6.61 Å². The third kappa shape index (κ3) is 4.75. The molecule has 0 amide bonds. The van der Waals surface area contributed by atoms with Crippen LogP contribution in [0.5, 0.6) is 0 Å². The second-order valence-electron chi connectivity index (χ2n) is 7.72. The van der Waals surface area contributed by atoms with Crippen LogP contribution in [0.2, 0.25) is 0 Å². The molecule has 0 aromatic carbocycles. The number of hydrogen-bond acceptors (Lipinski definition) is 2. The highest BCUT2D eigenvalue weighted by molar-refractivity contribution is 4.85. The predicted molar refractivity (Wildman–Crippen MR) is 81.4 cm³/mol.